The van der Waals surface area contributed by atoms with Crippen molar-refractivity contribution in [2.45, 2.75) is 0 Å². The Balaban J connectivity index is -0.0000000727. The number of hydrogen-bond acceptors (Lipinski definition) is 1. The van der Waals surface area contributed by atoms with Gasteiger partial charge in [0.25, 0.3) is 0 Å². The van der Waals surface area contributed by atoms with Gasteiger partial charge in [0, 0.05) is 0 Å². The van der Waals surface area contributed by atoms with Crippen LogP contribution >= 0.6 is 15.9 Å². The minimum atomic E-state index is 1.03. The Morgan fingerprint density at radius 3 is 1.38 bits per heavy atom. The zero-order valence-corrected chi connectivity index (χ0v) is 15.1. The predicted molar refractivity (Wildman–Crippen MR) is 64.9 cm³/mol. The van der Waals surface area contributed by atoms with Crippen molar-refractivity contribution in [1.82, 2.24) is 0 Å². The van der Waals surface area contributed by atoms with Gasteiger partial charge in [-0.05, 0) is 0 Å². The number of rotatable bonds is 2. The second kappa shape index (κ2) is 36.4. The van der Waals surface area contributed by atoms with Crippen LogP contribution < -0.4 is 0 Å². The summed E-state index contributed by atoms with van der Waals surface area (Å²) in [6.07, 6.45) is 0. The summed E-state index contributed by atoms with van der Waals surface area (Å²) >= 11 is 4.72. The van der Waals surface area contributed by atoms with Crippen LogP contribution in [0.3, 0.4) is 0 Å². The van der Waals surface area contributed by atoms with E-state index in [1.807, 2.05) is 24.3 Å². The maximum atomic E-state index is 7.50. The molecule has 0 aromatic heterocycles. The van der Waals surface area contributed by atoms with E-state index in [2.05, 4.69) is 49.2 Å². The number of benzene rings is 1. The zero-order chi connectivity index (χ0) is 18.3. The van der Waals surface area contributed by atoms with Gasteiger partial charge in [-0.25, -0.2) is 0 Å². The quantitative estimate of drug-likeness (QED) is 0.429. The molecule has 0 N–H and O–H groups in total. The van der Waals surface area contributed by atoms with Crippen molar-refractivity contribution in [3.63, 3.8) is 0 Å². The van der Waals surface area contributed by atoms with E-state index in [-0.39, 0.29) is 0 Å². The first-order chi connectivity index (χ1) is 10.2. The first-order valence-electron chi connectivity index (χ1n) is 4.10. The van der Waals surface area contributed by atoms with E-state index in [4.69, 9.17) is 28.0 Å². The third kappa shape index (κ3) is 24.3. The molecule has 0 spiro atoms. The topological polar surface area (TPSA) is 109 Å². The van der Waals surface area contributed by atoms with Crippen molar-refractivity contribution in [3.05, 3.63) is 67.6 Å². The standard InChI is InChI=1S/C8H7BrO.5CO.W/c1-10-6-7-2-4-8(9)5-3-7;5*1-2;/h2-5H,1H3;;;;;;. The normalized spacial score (nSPS) is 5.52. The molecule has 0 saturated carbocycles. The fraction of sp³-hybridized carbons (Fsp3) is 0.0769. The van der Waals surface area contributed by atoms with Gasteiger partial charge in [-0.1, -0.05) is 0 Å². The van der Waals surface area contributed by atoms with Crippen molar-refractivity contribution in [3.8, 4) is 0 Å². The summed E-state index contributed by atoms with van der Waals surface area (Å²) in [7, 11) is 1.70. The molecule has 0 atom stereocenters. The van der Waals surface area contributed by atoms with Crippen LogP contribution in [0, 0.1) is 33.3 Å². The first-order valence-corrected chi connectivity index (χ1v) is 6.36. The Kier molecular flexibility index (Phi) is 55.5. The molecule has 0 aliphatic heterocycles. The van der Waals surface area contributed by atoms with Crippen LogP contribution in [0.2, 0.25) is 0 Å². The first kappa shape index (κ1) is 32.0. The van der Waals surface area contributed by atoms with Crippen LogP contribution in [-0.2, 0) is 47.4 Å². The molecule has 0 fully saturated rings. The third-order valence-electron chi connectivity index (χ3n) is 1.27. The van der Waals surface area contributed by atoms with E-state index in [9.17, 15) is 0 Å². The molecule has 6 nitrogen and oxygen atoms in total. The van der Waals surface area contributed by atoms with Gasteiger partial charge in [-0.2, -0.15) is 0 Å². The molecule has 0 aliphatic carbocycles. The van der Waals surface area contributed by atoms with Crippen LogP contribution in [0.25, 0.3) is 0 Å². The predicted octanol–water partition coefficient (Wildman–Crippen LogP) is 1.93. The van der Waals surface area contributed by atoms with Gasteiger partial charge in [0.1, 0.15) is 0 Å². The minimum absolute atomic E-state index is 1.03. The average molecular weight is 523 g/mol. The number of ether oxygens (including phenoxy) is 1. The molecule has 0 bridgehead atoms. The van der Waals surface area contributed by atoms with E-state index in [0.29, 0.717) is 0 Å². The van der Waals surface area contributed by atoms with E-state index >= 15 is 0 Å². The van der Waals surface area contributed by atoms with E-state index in [1.165, 1.54) is 19.4 Å². The van der Waals surface area contributed by atoms with Crippen LogP contribution in [0.4, 0.5) is 0 Å². The fourth-order valence-corrected chi connectivity index (χ4v) is 1.46. The number of hydrogen-bond donors (Lipinski definition) is 0. The van der Waals surface area contributed by atoms with E-state index in [1.54, 1.807) is 7.11 Å². The summed E-state index contributed by atoms with van der Waals surface area (Å²) in [4.78, 5) is 0. The Morgan fingerprint density at radius 2 is 1.14 bits per heavy atom. The summed E-state index contributed by atoms with van der Waals surface area (Å²) in [5.74, 6) is 0. The Morgan fingerprint density at radius 1 is 0.857 bits per heavy atom. The van der Waals surface area contributed by atoms with Crippen LogP contribution in [0.5, 0.6) is 0 Å². The van der Waals surface area contributed by atoms with Crippen molar-refractivity contribution in [2.24, 2.45) is 0 Å². The van der Waals surface area contributed by atoms with Gasteiger partial charge < -0.3 is 0 Å². The summed E-state index contributed by atoms with van der Waals surface area (Å²) in [5, 5.41) is 0. The number of halogens is 1. The number of methoxy groups -OCH3 is 1. The Hall–Kier alpha value is -1.08. The maximum absolute atomic E-state index is 7.50. The molecule has 1 aromatic carbocycles. The molecule has 0 heterocycles. The molecule has 1 aromatic rings. The molecule has 1 rings (SSSR count). The molecule has 0 unspecified atom stereocenters. The van der Waals surface area contributed by atoms with Gasteiger partial charge in [-0.3, -0.25) is 0 Å². The van der Waals surface area contributed by atoms with E-state index < -0.39 is 0 Å². The van der Waals surface area contributed by atoms with Gasteiger partial charge in [0.05, 0.1) is 0 Å². The monoisotopic (exact) mass is 522 g/mol. The SMILES string of the molecule is CO[C](=[W])c1ccc(Br)cc1.[C-]#[O+].[C-]#[O+].[C-]#[O+].[C-]#[O+].[C-]#[O+]. The Labute approximate surface area is 142 Å². The summed E-state index contributed by atoms with van der Waals surface area (Å²) in [6, 6.07) is 8.10. The van der Waals surface area contributed by atoms with Crippen molar-refractivity contribution in [2.75, 3.05) is 7.11 Å². The molecule has 8 heteroatoms. The molecular weight excluding hydrogens is 516 g/mol. The van der Waals surface area contributed by atoms with Crippen LogP contribution in [0.1, 0.15) is 5.56 Å². The molecule has 0 aliphatic rings. The molecule has 21 heavy (non-hydrogen) atoms. The summed E-state index contributed by atoms with van der Waals surface area (Å²) < 4.78 is 44.7. The second-order valence-electron chi connectivity index (χ2n) is 2.00. The fourth-order valence-electron chi connectivity index (χ4n) is 0.704. The molecular formula is C13H7BrO6W. The molecule has 0 radical (unpaired) electrons. The van der Waals surface area contributed by atoms with Gasteiger partial charge in [0.2, 0.25) is 0 Å². The van der Waals surface area contributed by atoms with Gasteiger partial charge in [0.15, 0.2) is 0 Å². The zero-order valence-electron chi connectivity index (χ0n) is 10.5. The third-order valence-corrected chi connectivity index (χ3v) is 3.24. The summed E-state index contributed by atoms with van der Waals surface area (Å²) in [5.41, 5.74) is 1.16. The van der Waals surface area contributed by atoms with Gasteiger partial charge in [-0.15, -0.1) is 0 Å². The summed E-state index contributed by atoms with van der Waals surface area (Å²) in [6.45, 7) is 22.5. The van der Waals surface area contributed by atoms with Crippen LogP contribution in [-0.4, -0.2) is 11.2 Å². The molecule has 0 saturated heterocycles. The van der Waals surface area contributed by atoms with Crippen LogP contribution in [0.15, 0.2) is 28.7 Å². The second-order valence-corrected chi connectivity index (χ2v) is 4.25. The molecule has 0 amide bonds. The van der Waals surface area contributed by atoms with Crippen molar-refractivity contribution in [1.29, 1.82) is 0 Å². The average Bonchev–Trinajstić information content (AvgIpc) is 2.63. The van der Waals surface area contributed by atoms with E-state index in [0.717, 1.165) is 14.1 Å². The van der Waals surface area contributed by atoms with Crippen molar-refractivity contribution < 1.29 is 47.4 Å². The molecule has 108 valence electrons. The Bertz CT molecular complexity index is 410. The van der Waals surface area contributed by atoms with Gasteiger partial charge >= 0.3 is 142 Å². The van der Waals surface area contributed by atoms with Crippen molar-refractivity contribution >= 4 is 20.0 Å².